The van der Waals surface area contributed by atoms with E-state index in [1.54, 1.807) is 18.2 Å². The minimum atomic E-state index is -0.571. The number of carbonyl (C=O) groups is 1. The molecule has 1 fully saturated rings. The Morgan fingerprint density at radius 3 is 2.73 bits per heavy atom. The summed E-state index contributed by atoms with van der Waals surface area (Å²) in [4.78, 5) is 11.0. The number of hydrogen-bond acceptors (Lipinski definition) is 2. The van der Waals surface area contributed by atoms with Gasteiger partial charge in [-0.3, -0.25) is 0 Å². The van der Waals surface area contributed by atoms with Crippen molar-refractivity contribution in [2.45, 2.75) is 12.5 Å². The Labute approximate surface area is 97.3 Å². The van der Waals surface area contributed by atoms with Gasteiger partial charge in [-0.2, -0.15) is 0 Å². The van der Waals surface area contributed by atoms with Crippen LogP contribution in [0.5, 0.6) is 0 Å². The number of alkyl carbamates (subject to hydrolysis) is 1. The van der Waals surface area contributed by atoms with Gasteiger partial charge in [-0.15, -0.1) is 0 Å². The zero-order valence-electron chi connectivity index (χ0n) is 8.01. The highest BCUT2D eigenvalue weighted by atomic mass is 35.5. The van der Waals surface area contributed by atoms with Crippen molar-refractivity contribution in [3.8, 4) is 0 Å². The third-order valence-electron chi connectivity index (χ3n) is 2.40. The van der Waals surface area contributed by atoms with Crippen molar-refractivity contribution in [3.63, 3.8) is 0 Å². The quantitative estimate of drug-likeness (QED) is 0.827. The molecule has 0 aliphatic carbocycles. The van der Waals surface area contributed by atoms with Crippen LogP contribution in [0.3, 0.4) is 0 Å². The van der Waals surface area contributed by atoms with Crippen LogP contribution in [0.25, 0.3) is 0 Å². The zero-order valence-corrected chi connectivity index (χ0v) is 9.52. The minimum Gasteiger partial charge on any atom is -0.447 e. The first-order valence-electron chi connectivity index (χ1n) is 4.42. The second-order valence-corrected chi connectivity index (χ2v) is 4.50. The summed E-state index contributed by atoms with van der Waals surface area (Å²) < 4.78 is 4.87. The van der Waals surface area contributed by atoms with Gasteiger partial charge in [-0.25, -0.2) is 4.79 Å². The van der Waals surface area contributed by atoms with Crippen LogP contribution in [-0.4, -0.2) is 12.7 Å². The molecule has 0 bridgehead atoms. The van der Waals surface area contributed by atoms with Crippen LogP contribution in [0, 0.1) is 0 Å². The van der Waals surface area contributed by atoms with Crippen LogP contribution in [-0.2, 0) is 10.3 Å². The second kappa shape index (κ2) is 3.58. The lowest BCUT2D eigenvalue weighted by Gasteiger charge is -2.22. The van der Waals surface area contributed by atoms with E-state index in [2.05, 4.69) is 5.32 Å². The summed E-state index contributed by atoms with van der Waals surface area (Å²) >= 11 is 11.9. The molecule has 5 heteroatoms. The molecule has 1 aliphatic rings. The first kappa shape index (κ1) is 10.6. The van der Waals surface area contributed by atoms with Crippen LogP contribution in [0.15, 0.2) is 18.2 Å². The van der Waals surface area contributed by atoms with Crippen molar-refractivity contribution in [2.24, 2.45) is 0 Å². The van der Waals surface area contributed by atoms with E-state index in [9.17, 15) is 4.79 Å². The molecule has 0 spiro atoms. The Hall–Kier alpha value is -0.930. The Morgan fingerprint density at radius 1 is 1.47 bits per heavy atom. The topological polar surface area (TPSA) is 38.3 Å². The number of benzene rings is 1. The van der Waals surface area contributed by atoms with Crippen LogP contribution in [0.4, 0.5) is 4.79 Å². The molecule has 1 saturated heterocycles. The Morgan fingerprint density at radius 2 is 2.20 bits per heavy atom. The smallest absolute Gasteiger partial charge is 0.408 e. The van der Waals surface area contributed by atoms with Gasteiger partial charge in [0.15, 0.2) is 0 Å². The van der Waals surface area contributed by atoms with E-state index in [-0.39, 0.29) is 6.61 Å². The monoisotopic (exact) mass is 245 g/mol. The van der Waals surface area contributed by atoms with Gasteiger partial charge >= 0.3 is 6.09 Å². The van der Waals surface area contributed by atoms with E-state index in [1.165, 1.54) is 0 Å². The molecule has 0 saturated carbocycles. The summed E-state index contributed by atoms with van der Waals surface area (Å²) in [6, 6.07) is 5.17. The summed E-state index contributed by atoms with van der Waals surface area (Å²) in [7, 11) is 0. The lowest BCUT2D eigenvalue weighted by atomic mass is 9.94. The molecular formula is C10H9Cl2NO2. The van der Waals surface area contributed by atoms with Gasteiger partial charge in [0.1, 0.15) is 12.1 Å². The molecule has 15 heavy (non-hydrogen) atoms. The first-order chi connectivity index (χ1) is 7.01. The van der Waals surface area contributed by atoms with E-state index < -0.39 is 11.6 Å². The van der Waals surface area contributed by atoms with E-state index in [0.717, 1.165) is 5.56 Å². The third-order valence-corrected chi connectivity index (χ3v) is 2.94. The predicted octanol–water partition coefficient (Wildman–Crippen LogP) is 2.95. The number of cyclic esters (lactones) is 1. The van der Waals surface area contributed by atoms with E-state index in [0.29, 0.717) is 10.0 Å². The van der Waals surface area contributed by atoms with Gasteiger partial charge in [0.2, 0.25) is 0 Å². The zero-order chi connectivity index (χ0) is 11.1. The van der Waals surface area contributed by atoms with Gasteiger partial charge in [0, 0.05) is 10.0 Å². The predicted molar refractivity (Wildman–Crippen MR) is 58.3 cm³/mol. The standard InChI is InChI=1S/C10H9Cl2NO2/c1-10(5-15-9(14)13-10)7-3-2-6(11)4-8(7)12/h2-4H,5H2,1H3,(H,13,14). The summed E-state index contributed by atoms with van der Waals surface area (Å²) in [6.07, 6.45) is -0.427. The third kappa shape index (κ3) is 1.90. The highest BCUT2D eigenvalue weighted by Crippen LogP contribution is 2.32. The second-order valence-electron chi connectivity index (χ2n) is 3.66. The lowest BCUT2D eigenvalue weighted by molar-refractivity contribution is 0.173. The van der Waals surface area contributed by atoms with E-state index in [4.69, 9.17) is 27.9 Å². The SMILES string of the molecule is CC1(c2ccc(Cl)cc2Cl)COC(=O)N1. The fraction of sp³-hybridized carbons (Fsp3) is 0.300. The molecule has 3 nitrogen and oxygen atoms in total. The van der Waals surface area contributed by atoms with Crippen LogP contribution < -0.4 is 5.32 Å². The number of rotatable bonds is 1. The average molecular weight is 246 g/mol. The molecule has 1 aromatic carbocycles. The maximum atomic E-state index is 11.0. The number of amides is 1. The highest BCUT2D eigenvalue weighted by molar-refractivity contribution is 6.35. The van der Waals surface area contributed by atoms with Crippen molar-refractivity contribution in [2.75, 3.05) is 6.61 Å². The normalized spacial score (nSPS) is 24.9. The Balaban J connectivity index is 2.41. The number of hydrogen-bond donors (Lipinski definition) is 1. The fourth-order valence-corrected chi connectivity index (χ4v) is 2.21. The molecule has 1 aliphatic heterocycles. The molecular weight excluding hydrogens is 237 g/mol. The van der Waals surface area contributed by atoms with Crippen molar-refractivity contribution >= 4 is 29.3 Å². The number of carbonyl (C=O) groups excluding carboxylic acids is 1. The number of halogens is 2. The molecule has 1 unspecified atom stereocenters. The van der Waals surface area contributed by atoms with Crippen molar-refractivity contribution in [1.82, 2.24) is 5.32 Å². The van der Waals surface area contributed by atoms with Gasteiger partial charge in [0.25, 0.3) is 0 Å². The van der Waals surface area contributed by atoms with Crippen LogP contribution in [0.2, 0.25) is 10.0 Å². The van der Waals surface area contributed by atoms with E-state index in [1.807, 2.05) is 6.92 Å². The molecule has 1 N–H and O–H groups in total. The molecule has 0 aromatic heterocycles. The summed E-state index contributed by atoms with van der Waals surface area (Å²) in [5, 5.41) is 3.81. The van der Waals surface area contributed by atoms with Crippen LogP contribution >= 0.6 is 23.2 Å². The molecule has 1 heterocycles. The molecule has 0 radical (unpaired) electrons. The maximum absolute atomic E-state index is 11.0. The van der Waals surface area contributed by atoms with Gasteiger partial charge < -0.3 is 10.1 Å². The average Bonchev–Trinajstić information content (AvgIpc) is 2.46. The Bertz CT molecular complexity index is 422. The van der Waals surface area contributed by atoms with Crippen molar-refractivity contribution in [1.29, 1.82) is 0 Å². The molecule has 1 aromatic rings. The van der Waals surface area contributed by atoms with Crippen molar-refractivity contribution < 1.29 is 9.53 Å². The van der Waals surface area contributed by atoms with Crippen molar-refractivity contribution in [3.05, 3.63) is 33.8 Å². The largest absolute Gasteiger partial charge is 0.447 e. The molecule has 1 amide bonds. The summed E-state index contributed by atoms with van der Waals surface area (Å²) in [6.45, 7) is 2.13. The molecule has 80 valence electrons. The van der Waals surface area contributed by atoms with E-state index >= 15 is 0 Å². The summed E-state index contributed by atoms with van der Waals surface area (Å²) in [5.41, 5.74) is 0.234. The lowest BCUT2D eigenvalue weighted by Crippen LogP contribution is -2.37. The Kier molecular flexibility index (Phi) is 2.52. The van der Waals surface area contributed by atoms with Crippen LogP contribution in [0.1, 0.15) is 12.5 Å². The first-order valence-corrected chi connectivity index (χ1v) is 5.17. The number of nitrogens with one attached hydrogen (secondary N) is 1. The van der Waals surface area contributed by atoms with Gasteiger partial charge in [-0.1, -0.05) is 29.3 Å². The maximum Gasteiger partial charge on any atom is 0.408 e. The molecule has 1 atom stereocenters. The minimum absolute atomic E-state index is 0.271. The summed E-state index contributed by atoms with van der Waals surface area (Å²) in [5.74, 6) is 0. The van der Waals surface area contributed by atoms with Gasteiger partial charge in [-0.05, 0) is 24.6 Å². The van der Waals surface area contributed by atoms with Gasteiger partial charge in [0.05, 0.1) is 0 Å². The molecule has 2 rings (SSSR count). The fourth-order valence-electron chi connectivity index (χ4n) is 1.59. The number of ether oxygens (including phenoxy) is 1. The highest BCUT2D eigenvalue weighted by Gasteiger charge is 2.37.